The Kier molecular flexibility index (Phi) is 7.67. The van der Waals surface area contributed by atoms with Crippen molar-refractivity contribution in [1.29, 1.82) is 0 Å². The molecule has 0 fully saturated rings. The molecule has 2 heterocycles. The molecule has 0 radical (unpaired) electrons. The first-order valence-electron chi connectivity index (χ1n) is 12.6. The molecule has 1 atom stereocenters. The van der Waals surface area contributed by atoms with Gasteiger partial charge in [0, 0.05) is 29.7 Å². The summed E-state index contributed by atoms with van der Waals surface area (Å²) in [6.07, 6.45) is -3.45. The minimum Gasteiger partial charge on any atom is -0.348 e. The van der Waals surface area contributed by atoms with Crippen molar-refractivity contribution in [3.05, 3.63) is 107 Å². The van der Waals surface area contributed by atoms with Crippen LogP contribution in [0.25, 0.3) is 11.1 Å². The van der Waals surface area contributed by atoms with Crippen molar-refractivity contribution in [2.75, 3.05) is 5.32 Å². The van der Waals surface area contributed by atoms with Crippen molar-refractivity contribution < 1.29 is 35.9 Å². The maximum Gasteiger partial charge on any atom is 0.416 e. The second kappa shape index (κ2) is 11.2. The highest BCUT2D eigenvalue weighted by atomic mass is 19.4. The van der Waals surface area contributed by atoms with E-state index in [1.165, 1.54) is 24.5 Å². The van der Waals surface area contributed by atoms with Gasteiger partial charge in [0.15, 0.2) is 0 Å². The second-order valence-corrected chi connectivity index (χ2v) is 9.64. The number of rotatable bonds is 5. The van der Waals surface area contributed by atoms with Crippen molar-refractivity contribution in [1.82, 2.24) is 20.3 Å². The number of aromatic nitrogens is 3. The number of halogens is 6. The number of pyridine rings is 1. The van der Waals surface area contributed by atoms with E-state index < -0.39 is 41.0 Å². The highest BCUT2D eigenvalue weighted by molar-refractivity contribution is 6.04. The van der Waals surface area contributed by atoms with Crippen LogP contribution in [0.3, 0.4) is 0 Å². The molecule has 2 aromatic carbocycles. The van der Waals surface area contributed by atoms with Crippen LogP contribution in [-0.4, -0.2) is 32.8 Å². The predicted octanol–water partition coefficient (Wildman–Crippen LogP) is 6.12. The Morgan fingerprint density at radius 1 is 0.810 bits per heavy atom. The molecule has 1 aliphatic rings. The molecule has 1 aliphatic carbocycles. The summed E-state index contributed by atoms with van der Waals surface area (Å²) in [6, 6.07) is 10.3. The SMILES string of the molecule is O=C(Nc1cc(C(F)(F)F)cc(C(F)(F)F)c1)c1cccc(C(=O)NC2CCc3cccc(-c4cncnc4)c3C2)n1. The molecular weight excluding hydrogens is 564 g/mol. The maximum atomic E-state index is 13.2. The van der Waals surface area contributed by atoms with Crippen LogP contribution in [0.5, 0.6) is 0 Å². The van der Waals surface area contributed by atoms with Gasteiger partial charge in [-0.3, -0.25) is 9.59 Å². The standard InChI is InChI=1S/C29H21F6N5O2/c30-28(31,32)18-9-19(29(33,34)35)11-21(10-18)39-27(42)25-6-2-5-24(40-25)26(41)38-20-8-7-16-3-1-4-22(23(16)12-20)17-13-36-15-37-14-17/h1-6,9-11,13-15,20H,7-8,12H2,(H,38,41)(H,39,42). The van der Waals surface area contributed by atoms with Crippen LogP contribution in [0.2, 0.25) is 0 Å². The summed E-state index contributed by atoms with van der Waals surface area (Å²) in [5.41, 5.74) is -0.411. The van der Waals surface area contributed by atoms with E-state index in [9.17, 15) is 35.9 Å². The third-order valence-corrected chi connectivity index (χ3v) is 6.75. The first kappa shape index (κ1) is 28.7. The summed E-state index contributed by atoms with van der Waals surface area (Å²) in [6.45, 7) is 0. The molecule has 7 nitrogen and oxygen atoms in total. The lowest BCUT2D eigenvalue weighted by atomic mass is 9.84. The average molecular weight is 586 g/mol. The molecule has 2 amide bonds. The lowest BCUT2D eigenvalue weighted by molar-refractivity contribution is -0.143. The molecule has 4 aromatic rings. The second-order valence-electron chi connectivity index (χ2n) is 9.64. The number of hydrogen-bond donors (Lipinski definition) is 2. The Morgan fingerprint density at radius 2 is 1.43 bits per heavy atom. The lowest BCUT2D eigenvalue weighted by Gasteiger charge is -2.27. The van der Waals surface area contributed by atoms with Crippen LogP contribution in [-0.2, 0) is 25.2 Å². The fraction of sp³-hybridized carbons (Fsp3) is 0.207. The van der Waals surface area contributed by atoms with Gasteiger partial charge >= 0.3 is 12.4 Å². The molecule has 2 aromatic heterocycles. The molecule has 0 bridgehead atoms. The van der Waals surface area contributed by atoms with Gasteiger partial charge in [-0.1, -0.05) is 24.3 Å². The van der Waals surface area contributed by atoms with Gasteiger partial charge < -0.3 is 10.6 Å². The molecular formula is C29H21F6N5O2. The Morgan fingerprint density at radius 3 is 2.07 bits per heavy atom. The number of aryl methyl sites for hydroxylation is 1. The van der Waals surface area contributed by atoms with Gasteiger partial charge in [-0.15, -0.1) is 0 Å². The molecule has 2 N–H and O–H groups in total. The topological polar surface area (TPSA) is 96.9 Å². The Balaban J connectivity index is 1.31. The van der Waals surface area contributed by atoms with E-state index >= 15 is 0 Å². The normalized spacial score (nSPS) is 15.0. The molecule has 0 saturated carbocycles. The maximum absolute atomic E-state index is 13.2. The van der Waals surface area contributed by atoms with Crippen molar-refractivity contribution in [2.45, 2.75) is 37.7 Å². The quantitative estimate of drug-likeness (QED) is 0.276. The third kappa shape index (κ3) is 6.40. The van der Waals surface area contributed by atoms with Crippen molar-refractivity contribution in [2.24, 2.45) is 0 Å². The van der Waals surface area contributed by atoms with Crippen LogP contribution >= 0.6 is 0 Å². The fourth-order valence-corrected chi connectivity index (χ4v) is 4.79. The zero-order chi connectivity index (χ0) is 30.1. The van der Waals surface area contributed by atoms with Gasteiger partial charge in [-0.25, -0.2) is 15.0 Å². The van der Waals surface area contributed by atoms with E-state index in [-0.39, 0.29) is 23.5 Å². The summed E-state index contributed by atoms with van der Waals surface area (Å²) in [7, 11) is 0. The fourth-order valence-electron chi connectivity index (χ4n) is 4.79. The van der Waals surface area contributed by atoms with Crippen molar-refractivity contribution in [3.8, 4) is 11.1 Å². The largest absolute Gasteiger partial charge is 0.416 e. The zero-order valence-corrected chi connectivity index (χ0v) is 21.6. The number of fused-ring (bicyclic) bond motifs is 1. The molecule has 42 heavy (non-hydrogen) atoms. The van der Waals surface area contributed by atoms with Crippen LogP contribution in [0.15, 0.2) is 73.3 Å². The van der Waals surface area contributed by atoms with E-state index in [4.69, 9.17) is 0 Å². The Labute approximate surface area is 235 Å². The number of alkyl halides is 6. The van der Waals surface area contributed by atoms with E-state index in [1.807, 2.05) is 23.5 Å². The van der Waals surface area contributed by atoms with Crippen LogP contribution < -0.4 is 10.6 Å². The summed E-state index contributed by atoms with van der Waals surface area (Å²) >= 11 is 0. The van der Waals surface area contributed by atoms with Gasteiger partial charge in [-0.05, 0) is 66.3 Å². The number of amides is 2. The minimum atomic E-state index is -5.08. The first-order valence-corrected chi connectivity index (χ1v) is 12.6. The number of nitrogens with zero attached hydrogens (tertiary/aromatic N) is 3. The third-order valence-electron chi connectivity index (χ3n) is 6.75. The predicted molar refractivity (Wildman–Crippen MR) is 139 cm³/mol. The van der Waals surface area contributed by atoms with Gasteiger partial charge in [0.05, 0.1) is 11.1 Å². The summed E-state index contributed by atoms with van der Waals surface area (Å²) in [4.78, 5) is 37.9. The molecule has 0 saturated heterocycles. The number of carbonyl (C=O) groups is 2. The van der Waals surface area contributed by atoms with Crippen LogP contribution in [0, 0.1) is 0 Å². The Bertz CT molecular complexity index is 1610. The molecule has 5 rings (SSSR count). The number of carbonyl (C=O) groups excluding carboxylic acids is 2. The number of anilines is 1. The van der Waals surface area contributed by atoms with E-state index in [1.54, 1.807) is 12.4 Å². The van der Waals surface area contributed by atoms with E-state index in [0.29, 0.717) is 31.4 Å². The number of nitrogens with one attached hydrogen (secondary N) is 2. The summed E-state index contributed by atoms with van der Waals surface area (Å²) < 4.78 is 79.1. The molecule has 1 unspecified atom stereocenters. The summed E-state index contributed by atoms with van der Waals surface area (Å²) in [5.74, 6) is -1.67. The highest BCUT2D eigenvalue weighted by Gasteiger charge is 2.37. The monoisotopic (exact) mass is 585 g/mol. The van der Waals surface area contributed by atoms with Crippen molar-refractivity contribution in [3.63, 3.8) is 0 Å². The molecule has 0 aliphatic heterocycles. The first-order chi connectivity index (χ1) is 19.9. The smallest absolute Gasteiger partial charge is 0.348 e. The van der Waals surface area contributed by atoms with Crippen LogP contribution in [0.4, 0.5) is 32.0 Å². The molecule has 216 valence electrons. The highest BCUT2D eigenvalue weighted by Crippen LogP contribution is 2.37. The van der Waals surface area contributed by atoms with Gasteiger partial charge in [0.1, 0.15) is 17.7 Å². The van der Waals surface area contributed by atoms with Crippen LogP contribution in [0.1, 0.15) is 49.7 Å². The zero-order valence-electron chi connectivity index (χ0n) is 21.6. The van der Waals surface area contributed by atoms with Gasteiger partial charge in [0.25, 0.3) is 11.8 Å². The van der Waals surface area contributed by atoms with Gasteiger partial charge in [-0.2, -0.15) is 26.3 Å². The average Bonchev–Trinajstić information content (AvgIpc) is 2.96. The minimum absolute atomic E-state index is 0.0426. The summed E-state index contributed by atoms with van der Waals surface area (Å²) in [5, 5.41) is 4.92. The number of benzene rings is 2. The van der Waals surface area contributed by atoms with Crippen molar-refractivity contribution >= 4 is 17.5 Å². The van der Waals surface area contributed by atoms with Gasteiger partial charge in [0.2, 0.25) is 0 Å². The number of hydrogen-bond acceptors (Lipinski definition) is 5. The van der Waals surface area contributed by atoms with E-state index in [0.717, 1.165) is 22.3 Å². The van der Waals surface area contributed by atoms with E-state index in [2.05, 4.69) is 20.3 Å². The molecule has 0 spiro atoms. The lowest BCUT2D eigenvalue weighted by Crippen LogP contribution is -2.39. The Hall–Kier alpha value is -4.81. The molecule has 13 heteroatoms.